The van der Waals surface area contributed by atoms with E-state index in [1.54, 1.807) is 0 Å². The molecule has 0 saturated carbocycles. The van der Waals surface area contributed by atoms with Gasteiger partial charge in [-0.05, 0) is 71.0 Å². The second-order valence-electron chi connectivity index (χ2n) is 9.38. The molecule has 4 aromatic carbocycles. The third-order valence-electron chi connectivity index (χ3n) is 7.08. The highest BCUT2D eigenvalue weighted by Gasteiger charge is 2.37. The number of ether oxygens (including phenoxy) is 1. The van der Waals surface area contributed by atoms with E-state index in [0.29, 0.717) is 35.3 Å². The number of halogens is 1. The summed E-state index contributed by atoms with van der Waals surface area (Å²) in [6.45, 7) is 0.486. The summed E-state index contributed by atoms with van der Waals surface area (Å²) >= 11 is 6.47. The molecular weight excluding hydrogens is 464 g/mol. The molecule has 1 N–H and O–H groups in total. The normalized spacial score (nSPS) is 20.1. The summed E-state index contributed by atoms with van der Waals surface area (Å²) in [4.78, 5) is 4.67. The maximum atomic E-state index is 6.47. The van der Waals surface area contributed by atoms with Gasteiger partial charge in [-0.2, -0.15) is 0 Å². The van der Waals surface area contributed by atoms with Gasteiger partial charge in [0, 0.05) is 17.8 Å². The molecule has 0 amide bonds. The van der Waals surface area contributed by atoms with Crippen LogP contribution in [0.3, 0.4) is 0 Å². The monoisotopic (exact) mass is 490 g/mol. The molecule has 0 bridgehead atoms. The van der Waals surface area contributed by atoms with E-state index in [4.69, 9.17) is 16.3 Å². The Bertz CT molecular complexity index is 1410. The zero-order valence-corrected chi connectivity index (χ0v) is 20.6. The van der Waals surface area contributed by atoms with Gasteiger partial charge >= 0.3 is 0 Å². The van der Waals surface area contributed by atoms with Crippen LogP contribution in [-0.2, 0) is 6.61 Å². The summed E-state index contributed by atoms with van der Waals surface area (Å²) in [6, 6.07) is 33.3. The van der Waals surface area contributed by atoms with E-state index in [9.17, 15) is 0 Å². The lowest BCUT2D eigenvalue weighted by Crippen LogP contribution is -2.28. The number of rotatable bonds is 6. The van der Waals surface area contributed by atoms with Gasteiger partial charge in [0.15, 0.2) is 0 Å². The minimum Gasteiger partial charge on any atom is -0.487 e. The van der Waals surface area contributed by atoms with Gasteiger partial charge in [-0.25, -0.2) is 0 Å². The first-order valence-electron chi connectivity index (χ1n) is 12.4. The Morgan fingerprint density at radius 1 is 0.917 bits per heavy atom. The second-order valence-corrected chi connectivity index (χ2v) is 9.78. The lowest BCUT2D eigenvalue weighted by atomic mass is 9.77. The van der Waals surface area contributed by atoms with Crippen molar-refractivity contribution in [2.24, 2.45) is 10.9 Å². The van der Waals surface area contributed by atoms with Crippen LogP contribution in [0.5, 0.6) is 5.75 Å². The first kappa shape index (κ1) is 22.6. The quantitative estimate of drug-likeness (QED) is 0.217. The molecular formula is C32H27ClN2O. The van der Waals surface area contributed by atoms with Crippen LogP contribution in [0.15, 0.2) is 114 Å². The largest absolute Gasteiger partial charge is 0.487 e. The van der Waals surface area contributed by atoms with E-state index < -0.39 is 0 Å². The van der Waals surface area contributed by atoms with Gasteiger partial charge in [0.05, 0.1) is 16.8 Å². The summed E-state index contributed by atoms with van der Waals surface area (Å²) < 4.78 is 5.88. The third-order valence-corrected chi connectivity index (χ3v) is 7.38. The number of hydrogen-bond acceptors (Lipinski definition) is 3. The van der Waals surface area contributed by atoms with Crippen molar-refractivity contribution in [3.63, 3.8) is 0 Å². The number of anilines is 1. The van der Waals surface area contributed by atoms with Crippen molar-refractivity contribution in [1.29, 1.82) is 0 Å². The van der Waals surface area contributed by atoms with Crippen LogP contribution in [0, 0.1) is 5.92 Å². The molecule has 1 aliphatic carbocycles. The highest BCUT2D eigenvalue weighted by Crippen LogP contribution is 2.49. The van der Waals surface area contributed by atoms with Gasteiger partial charge in [-0.3, -0.25) is 4.99 Å². The molecule has 2 aliphatic rings. The fourth-order valence-corrected chi connectivity index (χ4v) is 5.48. The molecule has 0 saturated heterocycles. The van der Waals surface area contributed by atoms with Gasteiger partial charge in [0.1, 0.15) is 12.4 Å². The first-order chi connectivity index (χ1) is 17.7. The van der Waals surface area contributed by atoms with Crippen molar-refractivity contribution in [2.75, 3.05) is 5.32 Å². The van der Waals surface area contributed by atoms with Gasteiger partial charge in [0.2, 0.25) is 0 Å². The molecule has 178 valence electrons. The number of hydrogen-bond donors (Lipinski definition) is 1. The number of fused-ring (bicyclic) bond motifs is 3. The Hall–Kier alpha value is -3.82. The molecule has 0 fully saturated rings. The summed E-state index contributed by atoms with van der Waals surface area (Å²) in [5.74, 6) is 1.69. The number of nitrogens with one attached hydrogen (secondary N) is 1. The number of para-hydroxylation sites is 1. The SMILES string of the molecule is Clc1cc(C=Nc2ccc([C@@H]3Nc4ccccc4[C@H]4C=CC[C@@H]43)cc2)ccc1OCc1ccccc1. The number of benzene rings is 4. The number of aliphatic imine (C=N–C) groups is 1. The highest BCUT2D eigenvalue weighted by molar-refractivity contribution is 6.32. The van der Waals surface area contributed by atoms with E-state index in [0.717, 1.165) is 23.2 Å². The van der Waals surface area contributed by atoms with E-state index in [-0.39, 0.29) is 0 Å². The Kier molecular flexibility index (Phi) is 6.31. The second kappa shape index (κ2) is 10.0. The van der Waals surface area contributed by atoms with Crippen molar-refractivity contribution in [1.82, 2.24) is 0 Å². The smallest absolute Gasteiger partial charge is 0.138 e. The minimum atomic E-state index is 0.292. The molecule has 1 aliphatic heterocycles. The first-order valence-corrected chi connectivity index (χ1v) is 12.7. The highest BCUT2D eigenvalue weighted by atomic mass is 35.5. The molecule has 36 heavy (non-hydrogen) atoms. The van der Waals surface area contributed by atoms with Crippen LogP contribution in [0.2, 0.25) is 5.02 Å². The molecule has 3 atom stereocenters. The lowest BCUT2D eigenvalue weighted by molar-refractivity contribution is 0.306. The Morgan fingerprint density at radius 2 is 1.72 bits per heavy atom. The summed E-state index contributed by atoms with van der Waals surface area (Å²) in [6.07, 6.45) is 7.64. The average Bonchev–Trinajstić information content (AvgIpc) is 3.42. The maximum absolute atomic E-state index is 6.47. The molecule has 4 aromatic rings. The van der Waals surface area contributed by atoms with Crippen LogP contribution in [0.25, 0.3) is 0 Å². The molecule has 3 nitrogen and oxygen atoms in total. The van der Waals surface area contributed by atoms with Crippen molar-refractivity contribution >= 4 is 29.2 Å². The van der Waals surface area contributed by atoms with Crippen LogP contribution < -0.4 is 10.1 Å². The Morgan fingerprint density at radius 3 is 2.56 bits per heavy atom. The average molecular weight is 491 g/mol. The van der Waals surface area contributed by atoms with Crippen LogP contribution >= 0.6 is 11.6 Å². The predicted octanol–water partition coefficient (Wildman–Crippen LogP) is 8.50. The minimum absolute atomic E-state index is 0.292. The van der Waals surface area contributed by atoms with Gasteiger partial charge in [-0.15, -0.1) is 0 Å². The van der Waals surface area contributed by atoms with Crippen molar-refractivity contribution in [2.45, 2.75) is 25.0 Å². The Labute approximate surface area is 217 Å². The molecule has 6 rings (SSSR count). The molecule has 0 aromatic heterocycles. The fraction of sp³-hybridized carbons (Fsp3) is 0.156. The predicted molar refractivity (Wildman–Crippen MR) is 149 cm³/mol. The zero-order chi connectivity index (χ0) is 24.3. The molecule has 0 spiro atoms. The fourth-order valence-electron chi connectivity index (χ4n) is 5.24. The van der Waals surface area contributed by atoms with Gasteiger partial charge in [0.25, 0.3) is 0 Å². The topological polar surface area (TPSA) is 33.6 Å². The van der Waals surface area contributed by atoms with E-state index in [1.165, 1.54) is 16.8 Å². The number of nitrogens with zero attached hydrogens (tertiary/aromatic N) is 1. The lowest BCUT2D eigenvalue weighted by Gasteiger charge is -2.37. The van der Waals surface area contributed by atoms with E-state index in [1.807, 2.05) is 54.7 Å². The van der Waals surface area contributed by atoms with Gasteiger partial charge in [-0.1, -0.05) is 84.4 Å². The van der Waals surface area contributed by atoms with Crippen molar-refractivity contribution < 1.29 is 4.74 Å². The Balaban J connectivity index is 1.13. The van der Waals surface area contributed by atoms with Crippen molar-refractivity contribution in [3.05, 3.63) is 136 Å². The summed E-state index contributed by atoms with van der Waals surface area (Å²) in [7, 11) is 0. The zero-order valence-electron chi connectivity index (χ0n) is 19.8. The van der Waals surface area contributed by atoms with E-state index in [2.05, 4.69) is 71.0 Å². The standard InChI is InChI=1S/C32H27ClN2O/c33-29-19-23(13-18-31(29)36-21-22-7-2-1-3-8-22)20-34-25-16-14-24(15-17-25)32-28-11-6-10-26(28)27-9-4-5-12-30(27)35-32/h1-10,12-20,26,28,32,35H,11,21H2/t26-,28+,32+/m1/s1. The maximum Gasteiger partial charge on any atom is 0.138 e. The van der Waals surface area contributed by atoms with Crippen LogP contribution in [-0.4, -0.2) is 6.21 Å². The van der Waals surface area contributed by atoms with Gasteiger partial charge < -0.3 is 10.1 Å². The summed E-state index contributed by atoms with van der Waals surface area (Å²) in [5, 5.41) is 4.37. The molecule has 1 heterocycles. The van der Waals surface area contributed by atoms with Crippen LogP contribution in [0.4, 0.5) is 11.4 Å². The summed E-state index contributed by atoms with van der Waals surface area (Å²) in [5.41, 5.74) is 6.90. The third kappa shape index (κ3) is 4.67. The van der Waals surface area contributed by atoms with E-state index >= 15 is 0 Å². The molecule has 0 unspecified atom stereocenters. The molecule has 0 radical (unpaired) electrons. The molecule has 4 heteroatoms. The van der Waals surface area contributed by atoms with Crippen LogP contribution in [0.1, 0.15) is 40.6 Å². The van der Waals surface area contributed by atoms with Crippen molar-refractivity contribution in [3.8, 4) is 5.75 Å². The number of allylic oxidation sites excluding steroid dienone is 2.